The number of carbonyl (C=O) groups excluding carboxylic acids is 2. The Balaban J connectivity index is 1.69. The second kappa shape index (κ2) is 9.20. The van der Waals surface area contributed by atoms with E-state index in [1.165, 1.54) is 18.5 Å². The molecule has 0 aliphatic carbocycles. The molecule has 6 nitrogen and oxygen atoms in total. The molecule has 1 N–H and O–H groups in total. The Kier molecular flexibility index (Phi) is 6.65. The molecular weight excluding hydrogens is 378 g/mol. The minimum Gasteiger partial charge on any atom is -0.444 e. The summed E-state index contributed by atoms with van der Waals surface area (Å²) in [6, 6.07) is 15.2. The van der Waals surface area contributed by atoms with Crippen molar-refractivity contribution in [3.8, 4) is 0 Å². The normalized spacial score (nSPS) is 13.8. The number of rotatable bonds is 5. The van der Waals surface area contributed by atoms with Gasteiger partial charge in [0.2, 0.25) is 0 Å². The second-order valence-electron chi connectivity index (χ2n) is 8.69. The fourth-order valence-electron chi connectivity index (χ4n) is 3.61. The van der Waals surface area contributed by atoms with Crippen LogP contribution in [0.4, 0.5) is 16.2 Å². The molecule has 1 fully saturated rings. The molecule has 0 radical (unpaired) electrons. The van der Waals surface area contributed by atoms with E-state index in [1.807, 2.05) is 32.9 Å². The minimum atomic E-state index is -0.583. The highest BCUT2D eigenvalue weighted by molar-refractivity contribution is 5.96. The lowest BCUT2D eigenvalue weighted by atomic mass is 10.1. The van der Waals surface area contributed by atoms with Crippen LogP contribution >= 0.6 is 0 Å². The highest BCUT2D eigenvalue weighted by atomic mass is 16.6. The number of amides is 2. The van der Waals surface area contributed by atoms with Gasteiger partial charge in [-0.15, -0.1) is 0 Å². The average Bonchev–Trinajstić information content (AvgIpc) is 3.21. The van der Waals surface area contributed by atoms with Gasteiger partial charge in [-0.3, -0.25) is 10.1 Å². The van der Waals surface area contributed by atoms with Crippen LogP contribution in [-0.2, 0) is 11.3 Å². The van der Waals surface area contributed by atoms with Crippen LogP contribution in [0, 0.1) is 0 Å². The van der Waals surface area contributed by atoms with Crippen molar-refractivity contribution in [3.63, 3.8) is 0 Å². The van der Waals surface area contributed by atoms with Crippen molar-refractivity contribution in [2.45, 2.75) is 45.8 Å². The molecule has 160 valence electrons. The molecule has 1 aliphatic rings. The van der Waals surface area contributed by atoms with Gasteiger partial charge in [-0.25, -0.2) is 4.79 Å². The van der Waals surface area contributed by atoms with Crippen molar-refractivity contribution in [1.82, 2.24) is 4.90 Å². The van der Waals surface area contributed by atoms with Crippen LogP contribution in [0.2, 0.25) is 0 Å². The molecule has 1 aliphatic heterocycles. The summed E-state index contributed by atoms with van der Waals surface area (Å²) in [5.74, 6) is -0.0981. The van der Waals surface area contributed by atoms with E-state index in [-0.39, 0.29) is 5.91 Å². The van der Waals surface area contributed by atoms with Gasteiger partial charge in [-0.2, -0.15) is 0 Å². The van der Waals surface area contributed by atoms with E-state index < -0.39 is 11.7 Å². The van der Waals surface area contributed by atoms with Crippen LogP contribution in [-0.4, -0.2) is 42.6 Å². The molecule has 2 aromatic carbocycles. The number of hydrogen-bond acceptors (Lipinski definition) is 4. The molecular formula is C24H31N3O3. The second-order valence-corrected chi connectivity index (χ2v) is 8.69. The summed E-state index contributed by atoms with van der Waals surface area (Å²) >= 11 is 0. The van der Waals surface area contributed by atoms with Crippen LogP contribution in [0.3, 0.4) is 0 Å². The fraction of sp³-hybridized carbons (Fsp3) is 0.417. The van der Waals surface area contributed by atoms with Crippen molar-refractivity contribution in [2.24, 2.45) is 0 Å². The van der Waals surface area contributed by atoms with Gasteiger partial charge >= 0.3 is 6.09 Å². The largest absolute Gasteiger partial charge is 0.444 e. The molecule has 1 heterocycles. The van der Waals surface area contributed by atoms with Crippen LogP contribution in [0.25, 0.3) is 0 Å². The third kappa shape index (κ3) is 5.75. The molecule has 2 amide bonds. The van der Waals surface area contributed by atoms with Crippen LogP contribution in [0.15, 0.2) is 48.5 Å². The molecule has 3 rings (SSSR count). The first-order chi connectivity index (χ1) is 14.2. The molecule has 0 atom stereocenters. The van der Waals surface area contributed by atoms with Crippen LogP contribution in [0.5, 0.6) is 0 Å². The zero-order chi connectivity index (χ0) is 21.7. The van der Waals surface area contributed by atoms with Gasteiger partial charge in [0.25, 0.3) is 5.91 Å². The number of carbonyl (C=O) groups is 2. The fourth-order valence-corrected chi connectivity index (χ4v) is 3.61. The van der Waals surface area contributed by atoms with Crippen molar-refractivity contribution >= 4 is 23.4 Å². The van der Waals surface area contributed by atoms with E-state index in [0.29, 0.717) is 17.8 Å². The van der Waals surface area contributed by atoms with E-state index in [0.717, 1.165) is 18.7 Å². The maximum Gasteiger partial charge on any atom is 0.412 e. The van der Waals surface area contributed by atoms with E-state index >= 15 is 0 Å². The number of nitrogens with one attached hydrogen (secondary N) is 1. The smallest absolute Gasteiger partial charge is 0.412 e. The van der Waals surface area contributed by atoms with Crippen molar-refractivity contribution in [1.29, 1.82) is 0 Å². The molecule has 2 aromatic rings. The minimum absolute atomic E-state index is 0.0981. The predicted molar refractivity (Wildman–Crippen MR) is 120 cm³/mol. The van der Waals surface area contributed by atoms with Gasteiger partial charge in [-0.05, 0) is 63.4 Å². The zero-order valence-corrected chi connectivity index (χ0v) is 18.3. The average molecular weight is 410 g/mol. The lowest BCUT2D eigenvalue weighted by Gasteiger charge is -2.24. The lowest BCUT2D eigenvalue weighted by molar-refractivity contribution is 0.0635. The molecule has 1 saturated heterocycles. The van der Waals surface area contributed by atoms with Crippen molar-refractivity contribution < 1.29 is 14.3 Å². The summed E-state index contributed by atoms with van der Waals surface area (Å²) < 4.78 is 5.28. The maximum absolute atomic E-state index is 13.0. The number of para-hydroxylation sites is 1. The van der Waals surface area contributed by atoms with E-state index in [4.69, 9.17) is 4.74 Å². The first kappa shape index (κ1) is 21.7. The lowest BCUT2D eigenvalue weighted by Crippen LogP contribution is -2.28. The Morgan fingerprint density at radius 1 is 1.07 bits per heavy atom. The van der Waals surface area contributed by atoms with E-state index in [9.17, 15) is 9.59 Å². The molecule has 6 heteroatoms. The standard InChI is InChI=1S/C24H31N3O3/c1-24(2,3)30-23(29)25-20-12-9-11-18(16-20)22(28)26(4)17-19-10-5-6-13-21(19)27-14-7-8-15-27/h5-6,9-13,16H,7-8,14-15,17H2,1-4H3,(H,25,29). The Morgan fingerprint density at radius 2 is 1.77 bits per heavy atom. The van der Waals surface area contributed by atoms with Crippen molar-refractivity contribution in [3.05, 3.63) is 59.7 Å². The quantitative estimate of drug-likeness (QED) is 0.762. The molecule has 30 heavy (non-hydrogen) atoms. The van der Waals surface area contributed by atoms with Crippen LogP contribution in [0.1, 0.15) is 49.5 Å². The Bertz CT molecular complexity index is 899. The van der Waals surface area contributed by atoms with Gasteiger partial charge in [-0.1, -0.05) is 24.3 Å². The summed E-state index contributed by atoms with van der Waals surface area (Å²) in [7, 11) is 1.80. The monoisotopic (exact) mass is 409 g/mol. The molecule has 0 bridgehead atoms. The Hall–Kier alpha value is -3.02. The summed E-state index contributed by atoms with van der Waals surface area (Å²) in [4.78, 5) is 29.1. The van der Waals surface area contributed by atoms with Gasteiger partial charge in [0, 0.05) is 43.6 Å². The summed E-state index contributed by atoms with van der Waals surface area (Å²) in [5.41, 5.74) is 2.81. The molecule has 0 unspecified atom stereocenters. The highest BCUT2D eigenvalue weighted by Crippen LogP contribution is 2.26. The predicted octanol–water partition coefficient (Wildman–Crippen LogP) is 4.91. The summed E-state index contributed by atoms with van der Waals surface area (Å²) in [6.45, 7) is 8.07. The maximum atomic E-state index is 13.0. The number of nitrogens with zero attached hydrogens (tertiary/aromatic N) is 2. The van der Waals surface area contributed by atoms with Crippen LogP contribution < -0.4 is 10.2 Å². The first-order valence-electron chi connectivity index (χ1n) is 10.4. The van der Waals surface area contributed by atoms with Gasteiger partial charge in [0.1, 0.15) is 5.60 Å². The van der Waals surface area contributed by atoms with E-state index in [1.54, 1.807) is 36.2 Å². The zero-order valence-electron chi connectivity index (χ0n) is 18.3. The first-order valence-corrected chi connectivity index (χ1v) is 10.4. The number of benzene rings is 2. The highest BCUT2D eigenvalue weighted by Gasteiger charge is 2.19. The third-order valence-corrected chi connectivity index (χ3v) is 4.95. The number of anilines is 2. The topological polar surface area (TPSA) is 61.9 Å². The Labute approximate surface area is 178 Å². The molecule has 0 aromatic heterocycles. The van der Waals surface area contributed by atoms with Gasteiger partial charge in [0.05, 0.1) is 0 Å². The van der Waals surface area contributed by atoms with Crippen molar-refractivity contribution in [2.75, 3.05) is 30.4 Å². The SMILES string of the molecule is CN(Cc1ccccc1N1CCCC1)C(=O)c1cccc(NC(=O)OC(C)(C)C)c1. The summed E-state index contributed by atoms with van der Waals surface area (Å²) in [5, 5.41) is 2.69. The van der Waals surface area contributed by atoms with Gasteiger partial charge < -0.3 is 14.5 Å². The number of hydrogen-bond donors (Lipinski definition) is 1. The number of ether oxygens (including phenoxy) is 1. The van der Waals surface area contributed by atoms with Gasteiger partial charge in [0.15, 0.2) is 0 Å². The molecule has 0 spiro atoms. The third-order valence-electron chi connectivity index (χ3n) is 4.95. The Morgan fingerprint density at radius 3 is 2.47 bits per heavy atom. The van der Waals surface area contributed by atoms with E-state index in [2.05, 4.69) is 22.3 Å². The molecule has 0 saturated carbocycles. The summed E-state index contributed by atoms with van der Waals surface area (Å²) in [6.07, 6.45) is 1.88.